The van der Waals surface area contributed by atoms with E-state index in [0.29, 0.717) is 0 Å². The Morgan fingerprint density at radius 1 is 0.909 bits per heavy atom. The van der Waals surface area contributed by atoms with Gasteiger partial charge in [0.05, 0.1) is 6.04 Å². The molecule has 3 atom stereocenters. The quantitative estimate of drug-likeness (QED) is 0.454. The molecule has 1 aliphatic rings. The Kier molecular flexibility index (Phi) is 6.55. The predicted octanol–water partition coefficient (Wildman–Crippen LogP) is 6.22. The van der Waals surface area contributed by atoms with Gasteiger partial charge in [0.1, 0.15) is 10.5 Å². The molecule has 0 spiro atoms. The second-order valence-corrected chi connectivity index (χ2v) is 10.2. The molecule has 1 heterocycles. The number of carbonyl (C=O) groups is 1. The van der Waals surface area contributed by atoms with Crippen LogP contribution in [0.4, 0.5) is 4.79 Å². The molecule has 0 saturated carbocycles. The third-order valence-electron chi connectivity index (χ3n) is 6.66. The van der Waals surface area contributed by atoms with Gasteiger partial charge in [-0.15, -0.1) is 11.8 Å². The van der Waals surface area contributed by atoms with Gasteiger partial charge in [-0.1, -0.05) is 105 Å². The molecule has 4 rings (SSSR count). The molecule has 0 aromatic heterocycles. The van der Waals surface area contributed by atoms with Crippen LogP contribution < -0.4 is 0 Å². The van der Waals surface area contributed by atoms with Gasteiger partial charge in [-0.25, -0.2) is 4.79 Å². The Morgan fingerprint density at radius 2 is 1.36 bits per heavy atom. The summed E-state index contributed by atoms with van der Waals surface area (Å²) < 4.78 is 6.02. The van der Waals surface area contributed by atoms with Crippen LogP contribution in [0.25, 0.3) is 0 Å². The second kappa shape index (κ2) is 9.24. The zero-order chi connectivity index (χ0) is 23.6. The van der Waals surface area contributed by atoms with Crippen LogP contribution in [0.3, 0.4) is 0 Å². The molecule has 0 radical (unpaired) electrons. The van der Waals surface area contributed by atoms with Crippen molar-refractivity contribution in [2.45, 2.75) is 43.4 Å². The Hall–Kier alpha value is -2.76. The van der Waals surface area contributed by atoms with E-state index in [0.717, 1.165) is 16.7 Å². The van der Waals surface area contributed by atoms with Gasteiger partial charge in [-0.2, -0.15) is 0 Å². The lowest BCUT2D eigenvalue weighted by molar-refractivity contribution is -0.0360. The number of thioether (sulfide) groups is 1. The normalized spacial score (nSPS) is 21.8. The Morgan fingerprint density at radius 3 is 1.79 bits per heavy atom. The lowest BCUT2D eigenvalue weighted by Crippen LogP contribution is -2.60. The highest BCUT2D eigenvalue weighted by atomic mass is 32.2. The number of ether oxygens (including phenoxy) is 1. The van der Waals surface area contributed by atoms with Crippen LogP contribution in [0.15, 0.2) is 91.0 Å². The number of amides is 1. The molecule has 4 nitrogen and oxygen atoms in total. The largest absolute Gasteiger partial charge is 0.438 e. The molecule has 1 fully saturated rings. The molecule has 3 aromatic carbocycles. The molecule has 3 aromatic rings. The minimum absolute atomic E-state index is 0.0658. The standard InChI is InChI=1S/C28H31NO3S/c1-20(2)24(28(31,22-16-10-6-11-17-22)23-18-12-7-13-19-23)29-26(30)32-25(27(29,3)33-4)21-14-8-5-9-15-21/h5-20,24-25,31H,1-4H3/t24-,25?,27-/m0/s1. The zero-order valence-corrected chi connectivity index (χ0v) is 20.3. The van der Waals surface area contributed by atoms with Gasteiger partial charge >= 0.3 is 6.09 Å². The van der Waals surface area contributed by atoms with Crippen molar-refractivity contribution in [3.8, 4) is 0 Å². The summed E-state index contributed by atoms with van der Waals surface area (Å²) >= 11 is 1.57. The maximum absolute atomic E-state index is 13.6. The maximum Gasteiger partial charge on any atom is 0.412 e. The molecule has 1 unspecified atom stereocenters. The fourth-order valence-corrected chi connectivity index (χ4v) is 5.82. The minimum Gasteiger partial charge on any atom is -0.438 e. The highest BCUT2D eigenvalue weighted by Crippen LogP contribution is 2.52. The van der Waals surface area contributed by atoms with E-state index in [2.05, 4.69) is 0 Å². The van der Waals surface area contributed by atoms with Crippen molar-refractivity contribution in [3.05, 3.63) is 108 Å². The van der Waals surface area contributed by atoms with E-state index in [1.54, 1.807) is 16.7 Å². The average molecular weight is 462 g/mol. The van der Waals surface area contributed by atoms with Crippen LogP contribution in [-0.2, 0) is 10.3 Å². The topological polar surface area (TPSA) is 49.8 Å². The van der Waals surface area contributed by atoms with Crippen LogP contribution >= 0.6 is 11.8 Å². The molecule has 0 aliphatic carbocycles. The van der Waals surface area contributed by atoms with Gasteiger partial charge in [0, 0.05) is 0 Å². The average Bonchev–Trinajstić information content (AvgIpc) is 3.11. The summed E-state index contributed by atoms with van der Waals surface area (Å²) in [5.74, 6) is -0.0658. The third-order valence-corrected chi connectivity index (χ3v) is 7.90. The van der Waals surface area contributed by atoms with Crippen molar-refractivity contribution < 1.29 is 14.6 Å². The van der Waals surface area contributed by atoms with Gasteiger partial charge in [-0.3, -0.25) is 4.90 Å². The fraction of sp³-hybridized carbons (Fsp3) is 0.321. The minimum atomic E-state index is -1.43. The summed E-state index contributed by atoms with van der Waals surface area (Å²) in [6, 6.07) is 28.5. The Bertz CT molecular complexity index is 1030. The summed E-state index contributed by atoms with van der Waals surface area (Å²) in [6.45, 7) is 6.13. The van der Waals surface area contributed by atoms with Crippen LogP contribution in [-0.4, -0.2) is 33.3 Å². The van der Waals surface area contributed by atoms with Crippen molar-refractivity contribution in [3.63, 3.8) is 0 Å². The molecule has 172 valence electrons. The molecule has 5 heteroatoms. The molecule has 0 bridgehead atoms. The first-order chi connectivity index (χ1) is 15.8. The predicted molar refractivity (Wildman–Crippen MR) is 134 cm³/mol. The SMILES string of the molecule is CS[C@@]1(C)C(c2ccccc2)OC(=O)N1[C@@H](C(C)C)C(O)(c1ccccc1)c1ccccc1. The van der Waals surface area contributed by atoms with E-state index in [9.17, 15) is 9.90 Å². The molecule has 1 aliphatic heterocycles. The van der Waals surface area contributed by atoms with E-state index >= 15 is 0 Å². The summed E-state index contributed by atoms with van der Waals surface area (Å²) in [4.78, 5) is 14.6. The number of carbonyl (C=O) groups excluding carboxylic acids is 1. The van der Waals surface area contributed by atoms with Gasteiger partial charge in [0.25, 0.3) is 0 Å². The molecule has 1 saturated heterocycles. The Labute approximate surface area is 200 Å². The van der Waals surface area contributed by atoms with Crippen molar-refractivity contribution >= 4 is 17.9 Å². The van der Waals surface area contributed by atoms with E-state index in [1.165, 1.54) is 0 Å². The van der Waals surface area contributed by atoms with Crippen molar-refractivity contribution in [2.24, 2.45) is 5.92 Å². The number of hydrogen-bond acceptors (Lipinski definition) is 4. The lowest BCUT2D eigenvalue weighted by Gasteiger charge is -2.48. The van der Waals surface area contributed by atoms with E-state index < -0.39 is 28.7 Å². The van der Waals surface area contributed by atoms with E-state index in [-0.39, 0.29) is 5.92 Å². The summed E-state index contributed by atoms with van der Waals surface area (Å²) in [5, 5.41) is 12.6. The zero-order valence-electron chi connectivity index (χ0n) is 19.5. The van der Waals surface area contributed by atoms with E-state index in [1.807, 2.05) is 118 Å². The van der Waals surface area contributed by atoms with Crippen molar-refractivity contribution in [1.29, 1.82) is 0 Å². The van der Waals surface area contributed by atoms with Gasteiger partial charge < -0.3 is 9.84 Å². The van der Waals surface area contributed by atoms with Gasteiger partial charge in [0.2, 0.25) is 0 Å². The summed E-state index contributed by atoms with van der Waals surface area (Å²) in [5.41, 5.74) is 0.998. The highest BCUT2D eigenvalue weighted by Gasteiger charge is 2.60. The summed E-state index contributed by atoms with van der Waals surface area (Å²) in [7, 11) is 0. The number of hydrogen-bond donors (Lipinski definition) is 1. The van der Waals surface area contributed by atoms with Gasteiger partial charge in [-0.05, 0) is 35.8 Å². The highest BCUT2D eigenvalue weighted by molar-refractivity contribution is 8.00. The lowest BCUT2D eigenvalue weighted by atomic mass is 9.74. The van der Waals surface area contributed by atoms with Crippen LogP contribution in [0.1, 0.15) is 43.6 Å². The second-order valence-electron chi connectivity index (χ2n) is 8.99. The van der Waals surface area contributed by atoms with Crippen molar-refractivity contribution in [2.75, 3.05) is 6.26 Å². The van der Waals surface area contributed by atoms with Crippen LogP contribution in [0.2, 0.25) is 0 Å². The first-order valence-corrected chi connectivity index (χ1v) is 12.5. The van der Waals surface area contributed by atoms with Gasteiger partial charge in [0.15, 0.2) is 6.10 Å². The number of rotatable bonds is 7. The third kappa shape index (κ3) is 3.94. The smallest absolute Gasteiger partial charge is 0.412 e. The molecule has 33 heavy (non-hydrogen) atoms. The van der Waals surface area contributed by atoms with Crippen molar-refractivity contribution in [1.82, 2.24) is 4.90 Å². The number of nitrogens with zero attached hydrogens (tertiary/aromatic N) is 1. The summed E-state index contributed by atoms with van der Waals surface area (Å²) in [6.07, 6.45) is 1.12. The maximum atomic E-state index is 13.6. The number of benzene rings is 3. The monoisotopic (exact) mass is 461 g/mol. The van der Waals surface area contributed by atoms with Crippen LogP contribution in [0, 0.1) is 5.92 Å². The molecular formula is C28H31NO3S. The Balaban J connectivity index is 1.91. The fourth-order valence-electron chi connectivity index (χ4n) is 5.03. The molecule has 1 amide bonds. The first-order valence-electron chi connectivity index (χ1n) is 11.3. The molecular weight excluding hydrogens is 430 g/mol. The molecule has 1 N–H and O–H groups in total. The number of cyclic esters (lactones) is 1. The first kappa shape index (κ1) is 23.4. The number of aliphatic hydroxyl groups is 1. The van der Waals surface area contributed by atoms with E-state index in [4.69, 9.17) is 4.74 Å². The van der Waals surface area contributed by atoms with Crippen LogP contribution in [0.5, 0.6) is 0 Å².